The molecule has 1 heterocycles. The van der Waals surface area contributed by atoms with Crippen LogP contribution in [0.5, 0.6) is 0 Å². The second-order valence-electron chi connectivity index (χ2n) is 6.50. The van der Waals surface area contributed by atoms with Gasteiger partial charge in [0.05, 0.1) is 12.6 Å². The van der Waals surface area contributed by atoms with Gasteiger partial charge in [0.15, 0.2) is 0 Å². The van der Waals surface area contributed by atoms with Crippen LogP contribution in [0.25, 0.3) is 0 Å². The number of benzene rings is 1. The van der Waals surface area contributed by atoms with Crippen molar-refractivity contribution in [2.24, 2.45) is 5.92 Å². The lowest BCUT2D eigenvalue weighted by Crippen LogP contribution is -2.43. The summed E-state index contributed by atoms with van der Waals surface area (Å²) in [5.41, 5.74) is 1.10. The van der Waals surface area contributed by atoms with Gasteiger partial charge in [-0.05, 0) is 56.5 Å². The number of carbonyl (C=O) groups excluding carboxylic acids is 2. The zero-order valence-corrected chi connectivity index (χ0v) is 15.9. The van der Waals surface area contributed by atoms with Gasteiger partial charge in [-0.2, -0.15) is 0 Å². The summed E-state index contributed by atoms with van der Waals surface area (Å²) in [6, 6.07) is 8.00. The van der Waals surface area contributed by atoms with E-state index in [1.165, 1.54) is 0 Å². The fourth-order valence-corrected chi connectivity index (χ4v) is 3.23. The van der Waals surface area contributed by atoms with E-state index in [0.29, 0.717) is 12.5 Å². The first-order valence-corrected chi connectivity index (χ1v) is 9.25. The monoisotopic (exact) mass is 395 g/mol. The smallest absolute Gasteiger partial charge is 0.234 e. The molecule has 0 saturated carbocycles. The number of nitrogens with zero attached hydrogens (tertiary/aromatic N) is 1. The third-order valence-corrected chi connectivity index (χ3v) is 4.99. The van der Waals surface area contributed by atoms with Gasteiger partial charge in [0.1, 0.15) is 0 Å². The van der Waals surface area contributed by atoms with E-state index in [0.717, 1.165) is 42.5 Å². The third-order valence-electron chi connectivity index (χ3n) is 4.46. The van der Waals surface area contributed by atoms with Gasteiger partial charge in [-0.1, -0.05) is 28.1 Å². The highest BCUT2D eigenvalue weighted by molar-refractivity contribution is 9.10. The van der Waals surface area contributed by atoms with Crippen LogP contribution in [0.3, 0.4) is 0 Å². The fourth-order valence-electron chi connectivity index (χ4n) is 2.96. The number of nitrogens with one attached hydrogen (secondary N) is 2. The van der Waals surface area contributed by atoms with E-state index in [2.05, 4.69) is 31.5 Å². The molecule has 1 saturated heterocycles. The molecule has 1 atom stereocenters. The molecule has 0 radical (unpaired) electrons. The van der Waals surface area contributed by atoms with E-state index in [-0.39, 0.29) is 17.9 Å². The Morgan fingerprint density at radius 2 is 1.88 bits per heavy atom. The van der Waals surface area contributed by atoms with Crippen molar-refractivity contribution in [2.75, 3.05) is 26.2 Å². The van der Waals surface area contributed by atoms with Gasteiger partial charge >= 0.3 is 0 Å². The second-order valence-corrected chi connectivity index (χ2v) is 7.41. The Labute approximate surface area is 152 Å². The molecular formula is C18H26BrN3O2. The maximum Gasteiger partial charge on any atom is 0.234 e. The average Bonchev–Trinajstić information content (AvgIpc) is 2.54. The highest BCUT2D eigenvalue weighted by Gasteiger charge is 2.21. The summed E-state index contributed by atoms with van der Waals surface area (Å²) < 4.78 is 1.03. The lowest BCUT2D eigenvalue weighted by Gasteiger charge is -2.31. The van der Waals surface area contributed by atoms with Crippen molar-refractivity contribution in [1.29, 1.82) is 0 Å². The van der Waals surface area contributed by atoms with E-state index >= 15 is 0 Å². The maximum absolute atomic E-state index is 12.2. The summed E-state index contributed by atoms with van der Waals surface area (Å²) in [4.78, 5) is 25.4. The maximum atomic E-state index is 12.2. The summed E-state index contributed by atoms with van der Waals surface area (Å²) >= 11 is 3.42. The van der Waals surface area contributed by atoms with Crippen LogP contribution in [0, 0.1) is 5.92 Å². The molecule has 2 amide bonds. The van der Waals surface area contributed by atoms with Gasteiger partial charge in [0, 0.05) is 17.9 Å². The first-order chi connectivity index (χ1) is 11.4. The van der Waals surface area contributed by atoms with Crippen LogP contribution in [0.2, 0.25) is 0 Å². The minimum Gasteiger partial charge on any atom is -0.356 e. The molecule has 0 spiro atoms. The Morgan fingerprint density at radius 3 is 2.46 bits per heavy atom. The van der Waals surface area contributed by atoms with Crippen molar-refractivity contribution in [3.8, 4) is 0 Å². The SMILES string of the molecule is CC(=O)NCC1CCN(CC(=O)NC(C)c2ccc(Br)cc2)CC1. The van der Waals surface area contributed by atoms with Gasteiger partial charge in [-0.25, -0.2) is 0 Å². The summed E-state index contributed by atoms with van der Waals surface area (Å²) in [7, 11) is 0. The topological polar surface area (TPSA) is 61.4 Å². The molecule has 1 aromatic rings. The van der Waals surface area contributed by atoms with Crippen molar-refractivity contribution in [2.45, 2.75) is 32.7 Å². The molecule has 1 unspecified atom stereocenters. The van der Waals surface area contributed by atoms with Crippen molar-refractivity contribution >= 4 is 27.7 Å². The molecule has 0 aliphatic carbocycles. The molecule has 1 fully saturated rings. The van der Waals surface area contributed by atoms with Crippen LogP contribution < -0.4 is 10.6 Å². The van der Waals surface area contributed by atoms with Crippen molar-refractivity contribution in [3.63, 3.8) is 0 Å². The highest BCUT2D eigenvalue weighted by Crippen LogP contribution is 2.18. The van der Waals surface area contributed by atoms with Gasteiger partial charge < -0.3 is 10.6 Å². The van der Waals surface area contributed by atoms with E-state index in [4.69, 9.17) is 0 Å². The number of hydrogen-bond donors (Lipinski definition) is 2. The minimum atomic E-state index is 0.00269. The molecule has 1 aliphatic heterocycles. The number of piperidine rings is 1. The molecular weight excluding hydrogens is 370 g/mol. The Morgan fingerprint density at radius 1 is 1.25 bits per heavy atom. The fraction of sp³-hybridized carbons (Fsp3) is 0.556. The van der Waals surface area contributed by atoms with Gasteiger partial charge in [-0.3, -0.25) is 14.5 Å². The lowest BCUT2D eigenvalue weighted by atomic mass is 9.97. The van der Waals surface area contributed by atoms with E-state index in [1.807, 2.05) is 31.2 Å². The average molecular weight is 396 g/mol. The Balaban J connectivity index is 1.71. The number of halogens is 1. The van der Waals surface area contributed by atoms with Crippen LogP contribution in [0.4, 0.5) is 0 Å². The summed E-state index contributed by atoms with van der Waals surface area (Å²) in [5, 5.41) is 5.94. The summed E-state index contributed by atoms with van der Waals surface area (Å²) in [6.45, 7) is 6.55. The van der Waals surface area contributed by atoms with Crippen molar-refractivity contribution in [3.05, 3.63) is 34.3 Å². The molecule has 2 N–H and O–H groups in total. The van der Waals surface area contributed by atoms with E-state index < -0.39 is 0 Å². The Hall–Kier alpha value is -1.40. The first kappa shape index (κ1) is 18.9. The second kappa shape index (κ2) is 9.18. The first-order valence-electron chi connectivity index (χ1n) is 8.45. The molecule has 1 aromatic carbocycles. The molecule has 2 rings (SSSR count). The largest absolute Gasteiger partial charge is 0.356 e. The molecule has 24 heavy (non-hydrogen) atoms. The molecule has 0 aromatic heterocycles. The predicted octanol–water partition coefficient (Wildman–Crippen LogP) is 2.47. The van der Waals surface area contributed by atoms with Crippen molar-refractivity contribution < 1.29 is 9.59 Å². The van der Waals surface area contributed by atoms with E-state index in [9.17, 15) is 9.59 Å². The minimum absolute atomic E-state index is 0.00269. The van der Waals surface area contributed by atoms with Crippen molar-refractivity contribution in [1.82, 2.24) is 15.5 Å². The molecule has 1 aliphatic rings. The van der Waals surface area contributed by atoms with Gasteiger partial charge in [-0.15, -0.1) is 0 Å². The van der Waals surface area contributed by atoms with Gasteiger partial charge in [0.25, 0.3) is 0 Å². The van der Waals surface area contributed by atoms with E-state index in [1.54, 1.807) is 6.92 Å². The third kappa shape index (κ3) is 6.24. The van der Waals surface area contributed by atoms with Crippen LogP contribution in [0.15, 0.2) is 28.7 Å². The lowest BCUT2D eigenvalue weighted by molar-refractivity contribution is -0.123. The molecule has 132 valence electrons. The number of hydrogen-bond acceptors (Lipinski definition) is 3. The van der Waals surface area contributed by atoms with Crippen LogP contribution in [0.1, 0.15) is 38.3 Å². The van der Waals surface area contributed by atoms with Crippen LogP contribution >= 0.6 is 15.9 Å². The number of amides is 2. The number of likely N-dealkylation sites (tertiary alicyclic amines) is 1. The molecule has 5 nitrogen and oxygen atoms in total. The summed E-state index contributed by atoms with van der Waals surface area (Å²) in [5.74, 6) is 0.611. The Kier molecular flexibility index (Phi) is 7.24. The zero-order chi connectivity index (χ0) is 17.5. The predicted molar refractivity (Wildman–Crippen MR) is 98.5 cm³/mol. The quantitative estimate of drug-likeness (QED) is 0.777. The Bertz CT molecular complexity index is 554. The zero-order valence-electron chi connectivity index (χ0n) is 14.3. The van der Waals surface area contributed by atoms with Crippen LogP contribution in [-0.4, -0.2) is 42.9 Å². The summed E-state index contributed by atoms with van der Waals surface area (Å²) in [6.07, 6.45) is 2.05. The molecule has 6 heteroatoms. The number of carbonyl (C=O) groups is 2. The van der Waals surface area contributed by atoms with Crippen LogP contribution in [-0.2, 0) is 9.59 Å². The normalized spacial score (nSPS) is 17.3. The van der Waals surface area contributed by atoms with Gasteiger partial charge in [0.2, 0.25) is 11.8 Å². The molecule has 0 bridgehead atoms. The highest BCUT2D eigenvalue weighted by atomic mass is 79.9. The number of rotatable bonds is 6. The standard InChI is InChI=1S/C18H26BrN3O2/c1-13(16-3-5-17(19)6-4-16)21-18(24)12-22-9-7-15(8-10-22)11-20-14(2)23/h3-6,13,15H,7-12H2,1-2H3,(H,20,23)(H,21,24).